The van der Waals surface area contributed by atoms with Crippen LogP contribution < -0.4 is 5.32 Å². The normalized spacial score (nSPS) is 10.7. The molecule has 0 radical (unpaired) electrons. The molecule has 0 spiro atoms. The van der Waals surface area contributed by atoms with Crippen LogP contribution in [-0.2, 0) is 0 Å². The third kappa shape index (κ3) is 3.60. The Labute approximate surface area is 147 Å². The van der Waals surface area contributed by atoms with Crippen molar-refractivity contribution in [3.63, 3.8) is 0 Å². The van der Waals surface area contributed by atoms with E-state index < -0.39 is 0 Å². The summed E-state index contributed by atoms with van der Waals surface area (Å²) < 4.78 is 0. The second kappa shape index (κ2) is 7.30. The number of nitrogens with zero attached hydrogens (tertiary/aromatic N) is 3. The maximum Gasteiger partial charge on any atom is 0.253 e. The van der Waals surface area contributed by atoms with Crippen molar-refractivity contribution in [2.75, 3.05) is 18.4 Å². The van der Waals surface area contributed by atoms with E-state index in [2.05, 4.69) is 22.2 Å². The standard InChI is InChI=1S/C20H22N4O/c1-4-24(5-2)20(25)15-8-11-17-18(12-15)21-13-22-19(17)23-16-9-6-14(3)7-10-16/h6-13H,4-5H2,1-3H3,(H,21,22,23). The van der Waals surface area contributed by atoms with Gasteiger partial charge in [-0.25, -0.2) is 9.97 Å². The number of anilines is 2. The topological polar surface area (TPSA) is 58.1 Å². The molecule has 25 heavy (non-hydrogen) atoms. The molecule has 0 saturated carbocycles. The Morgan fingerprint density at radius 1 is 1.04 bits per heavy atom. The lowest BCUT2D eigenvalue weighted by Gasteiger charge is -2.18. The number of aromatic nitrogens is 2. The Bertz CT molecular complexity index is 886. The number of rotatable bonds is 5. The van der Waals surface area contributed by atoms with Crippen molar-refractivity contribution >= 4 is 28.3 Å². The molecule has 0 atom stereocenters. The zero-order valence-electron chi connectivity index (χ0n) is 14.8. The number of benzene rings is 2. The van der Waals surface area contributed by atoms with Gasteiger partial charge in [0, 0.05) is 29.7 Å². The highest BCUT2D eigenvalue weighted by Crippen LogP contribution is 2.24. The number of fused-ring (bicyclic) bond motifs is 1. The van der Waals surface area contributed by atoms with E-state index in [0.717, 1.165) is 22.4 Å². The summed E-state index contributed by atoms with van der Waals surface area (Å²) in [4.78, 5) is 23.0. The van der Waals surface area contributed by atoms with Crippen LogP contribution in [0.4, 0.5) is 11.5 Å². The van der Waals surface area contributed by atoms with Crippen LogP contribution in [-0.4, -0.2) is 33.9 Å². The van der Waals surface area contributed by atoms with Crippen LogP contribution in [0.5, 0.6) is 0 Å². The molecule has 0 aliphatic rings. The molecule has 0 aliphatic heterocycles. The SMILES string of the molecule is CCN(CC)C(=O)c1ccc2c(Nc3ccc(C)cc3)ncnc2c1. The molecule has 3 aromatic rings. The van der Waals surface area contributed by atoms with Gasteiger partial charge in [-0.1, -0.05) is 17.7 Å². The minimum atomic E-state index is 0.0264. The Morgan fingerprint density at radius 2 is 1.76 bits per heavy atom. The third-order valence-corrected chi connectivity index (χ3v) is 4.25. The van der Waals surface area contributed by atoms with Crippen LogP contribution >= 0.6 is 0 Å². The zero-order chi connectivity index (χ0) is 17.8. The first-order valence-corrected chi connectivity index (χ1v) is 8.50. The predicted molar refractivity (Wildman–Crippen MR) is 101 cm³/mol. The summed E-state index contributed by atoms with van der Waals surface area (Å²) in [7, 11) is 0. The Hall–Kier alpha value is -2.95. The van der Waals surface area contributed by atoms with Gasteiger partial charge in [0.05, 0.1) is 5.52 Å². The fourth-order valence-corrected chi connectivity index (χ4v) is 2.76. The number of amides is 1. The number of carbonyl (C=O) groups excluding carboxylic acids is 1. The second-order valence-electron chi connectivity index (χ2n) is 5.92. The Morgan fingerprint density at radius 3 is 2.44 bits per heavy atom. The Balaban J connectivity index is 1.94. The third-order valence-electron chi connectivity index (χ3n) is 4.25. The van der Waals surface area contributed by atoms with Crippen LogP contribution in [0, 0.1) is 6.92 Å². The van der Waals surface area contributed by atoms with Gasteiger partial charge in [0.15, 0.2) is 0 Å². The lowest BCUT2D eigenvalue weighted by Crippen LogP contribution is -2.30. The quantitative estimate of drug-likeness (QED) is 0.761. The van der Waals surface area contributed by atoms with Crippen LogP contribution in [0.1, 0.15) is 29.8 Å². The summed E-state index contributed by atoms with van der Waals surface area (Å²) in [5.41, 5.74) is 3.57. The molecule has 3 rings (SSSR count). The van der Waals surface area contributed by atoms with Gasteiger partial charge >= 0.3 is 0 Å². The van der Waals surface area contributed by atoms with E-state index in [9.17, 15) is 4.79 Å². The summed E-state index contributed by atoms with van der Waals surface area (Å²) in [6.07, 6.45) is 1.52. The van der Waals surface area contributed by atoms with E-state index in [1.807, 2.05) is 56.3 Å². The van der Waals surface area contributed by atoms with Gasteiger partial charge in [0.1, 0.15) is 12.1 Å². The number of carbonyl (C=O) groups is 1. The highest BCUT2D eigenvalue weighted by molar-refractivity contribution is 6.00. The molecule has 0 saturated heterocycles. The predicted octanol–water partition coefficient (Wildman–Crippen LogP) is 4.16. The van der Waals surface area contributed by atoms with Crippen LogP contribution in [0.2, 0.25) is 0 Å². The number of aryl methyl sites for hydroxylation is 1. The first-order chi connectivity index (χ1) is 12.1. The summed E-state index contributed by atoms with van der Waals surface area (Å²) in [5.74, 6) is 0.759. The molecular weight excluding hydrogens is 312 g/mol. The van der Waals surface area contributed by atoms with Crippen molar-refractivity contribution in [1.29, 1.82) is 0 Å². The average molecular weight is 334 g/mol. The minimum Gasteiger partial charge on any atom is -0.340 e. The highest BCUT2D eigenvalue weighted by atomic mass is 16.2. The molecule has 0 aliphatic carbocycles. The van der Waals surface area contributed by atoms with Gasteiger partial charge in [0.2, 0.25) is 0 Å². The maximum absolute atomic E-state index is 12.5. The van der Waals surface area contributed by atoms with Crippen molar-refractivity contribution in [1.82, 2.24) is 14.9 Å². The lowest BCUT2D eigenvalue weighted by atomic mass is 10.1. The van der Waals surface area contributed by atoms with Crippen molar-refractivity contribution in [3.8, 4) is 0 Å². The largest absolute Gasteiger partial charge is 0.340 e. The van der Waals surface area contributed by atoms with E-state index in [1.54, 1.807) is 4.90 Å². The molecular formula is C20H22N4O. The average Bonchev–Trinajstić information content (AvgIpc) is 2.64. The van der Waals surface area contributed by atoms with E-state index in [1.165, 1.54) is 11.9 Å². The van der Waals surface area contributed by atoms with E-state index >= 15 is 0 Å². The van der Waals surface area contributed by atoms with Crippen molar-refractivity contribution in [2.24, 2.45) is 0 Å². The maximum atomic E-state index is 12.5. The monoisotopic (exact) mass is 334 g/mol. The molecule has 0 fully saturated rings. The van der Waals surface area contributed by atoms with E-state index in [0.29, 0.717) is 18.7 Å². The molecule has 0 unspecified atom stereocenters. The molecule has 1 amide bonds. The van der Waals surface area contributed by atoms with Gasteiger partial charge in [-0.05, 0) is 51.1 Å². The first-order valence-electron chi connectivity index (χ1n) is 8.50. The number of hydrogen-bond acceptors (Lipinski definition) is 4. The minimum absolute atomic E-state index is 0.0264. The van der Waals surface area contributed by atoms with Crippen molar-refractivity contribution in [3.05, 3.63) is 59.9 Å². The summed E-state index contributed by atoms with van der Waals surface area (Å²) in [5, 5.41) is 4.21. The summed E-state index contributed by atoms with van der Waals surface area (Å²) in [6, 6.07) is 13.7. The Kier molecular flexibility index (Phi) is 4.93. The molecule has 1 N–H and O–H groups in total. The first kappa shape index (κ1) is 16.9. The summed E-state index contributed by atoms with van der Waals surface area (Å²) in [6.45, 7) is 7.40. The van der Waals surface area contributed by atoms with E-state index in [4.69, 9.17) is 0 Å². The van der Waals surface area contributed by atoms with Gasteiger partial charge in [0.25, 0.3) is 5.91 Å². The van der Waals surface area contributed by atoms with Crippen molar-refractivity contribution in [2.45, 2.75) is 20.8 Å². The number of hydrogen-bond donors (Lipinski definition) is 1. The fourth-order valence-electron chi connectivity index (χ4n) is 2.76. The van der Waals surface area contributed by atoms with Crippen LogP contribution in [0.3, 0.4) is 0 Å². The zero-order valence-corrected chi connectivity index (χ0v) is 14.8. The lowest BCUT2D eigenvalue weighted by molar-refractivity contribution is 0.0773. The van der Waals surface area contributed by atoms with Gasteiger partial charge in [-0.3, -0.25) is 4.79 Å². The highest BCUT2D eigenvalue weighted by Gasteiger charge is 2.14. The molecule has 2 aromatic carbocycles. The van der Waals surface area contributed by atoms with Crippen LogP contribution in [0.15, 0.2) is 48.8 Å². The van der Waals surface area contributed by atoms with Gasteiger partial charge in [-0.2, -0.15) is 0 Å². The van der Waals surface area contributed by atoms with Crippen molar-refractivity contribution < 1.29 is 4.79 Å². The molecule has 128 valence electrons. The molecule has 1 heterocycles. The number of nitrogens with one attached hydrogen (secondary N) is 1. The molecule has 1 aromatic heterocycles. The summed E-state index contributed by atoms with van der Waals surface area (Å²) >= 11 is 0. The van der Waals surface area contributed by atoms with Gasteiger partial charge < -0.3 is 10.2 Å². The van der Waals surface area contributed by atoms with E-state index in [-0.39, 0.29) is 5.91 Å². The smallest absolute Gasteiger partial charge is 0.253 e. The second-order valence-corrected chi connectivity index (χ2v) is 5.92. The molecule has 0 bridgehead atoms. The molecule has 5 nitrogen and oxygen atoms in total. The van der Waals surface area contributed by atoms with Crippen LogP contribution in [0.25, 0.3) is 10.9 Å². The fraction of sp³-hybridized carbons (Fsp3) is 0.250. The van der Waals surface area contributed by atoms with Gasteiger partial charge in [-0.15, -0.1) is 0 Å². The molecule has 5 heteroatoms.